The number of likely N-dealkylation sites (tertiary alicyclic amines) is 1. The maximum atomic E-state index is 12.0. The van der Waals surface area contributed by atoms with Crippen LogP contribution in [0.15, 0.2) is 0 Å². The second-order valence-corrected chi connectivity index (χ2v) is 5.95. The lowest BCUT2D eigenvalue weighted by molar-refractivity contribution is -0.123. The van der Waals surface area contributed by atoms with Gasteiger partial charge in [0, 0.05) is 12.1 Å². The molecular weight excluding hydrogens is 240 g/mol. The minimum Gasteiger partial charge on any atom is -0.395 e. The van der Waals surface area contributed by atoms with Gasteiger partial charge in [0.15, 0.2) is 0 Å². The van der Waals surface area contributed by atoms with Crippen LogP contribution in [0, 0.1) is 5.92 Å². The van der Waals surface area contributed by atoms with Crippen LogP contribution in [0.25, 0.3) is 0 Å². The van der Waals surface area contributed by atoms with Gasteiger partial charge in [-0.25, -0.2) is 0 Å². The Labute approximate surface area is 117 Å². The van der Waals surface area contributed by atoms with Crippen LogP contribution < -0.4 is 5.32 Å². The molecule has 0 aromatic carbocycles. The van der Waals surface area contributed by atoms with Gasteiger partial charge in [-0.05, 0) is 32.2 Å². The highest BCUT2D eigenvalue weighted by Gasteiger charge is 2.31. The lowest BCUT2D eigenvalue weighted by Gasteiger charge is -2.25. The third-order valence-corrected chi connectivity index (χ3v) is 4.18. The van der Waals surface area contributed by atoms with Gasteiger partial charge in [0.25, 0.3) is 0 Å². The maximum Gasteiger partial charge on any atom is 0.234 e. The molecule has 0 aliphatic carbocycles. The molecule has 1 amide bonds. The van der Waals surface area contributed by atoms with E-state index in [1.165, 1.54) is 19.3 Å². The molecule has 0 spiro atoms. The van der Waals surface area contributed by atoms with E-state index in [4.69, 9.17) is 0 Å². The van der Waals surface area contributed by atoms with Gasteiger partial charge in [-0.15, -0.1) is 0 Å². The zero-order valence-corrected chi connectivity index (χ0v) is 12.7. The Kier molecular flexibility index (Phi) is 7.39. The van der Waals surface area contributed by atoms with E-state index in [-0.39, 0.29) is 24.6 Å². The highest BCUT2D eigenvalue weighted by molar-refractivity contribution is 5.78. The van der Waals surface area contributed by atoms with Crippen LogP contribution in [0.3, 0.4) is 0 Å². The summed E-state index contributed by atoms with van der Waals surface area (Å²) in [5, 5.41) is 12.4. The molecule has 4 heteroatoms. The first-order valence-electron chi connectivity index (χ1n) is 7.72. The number of unbranched alkanes of at least 4 members (excludes halogenated alkanes) is 2. The fraction of sp³-hybridized carbons (Fsp3) is 0.933. The molecule has 0 aromatic heterocycles. The average Bonchev–Trinajstić information content (AvgIpc) is 2.69. The third-order valence-electron chi connectivity index (χ3n) is 4.18. The molecule has 1 fully saturated rings. The molecule has 1 aliphatic heterocycles. The molecule has 112 valence electrons. The van der Waals surface area contributed by atoms with Gasteiger partial charge in [0.2, 0.25) is 5.91 Å². The van der Waals surface area contributed by atoms with Gasteiger partial charge in [-0.2, -0.15) is 0 Å². The summed E-state index contributed by atoms with van der Waals surface area (Å²) in [4.78, 5) is 14.1. The molecule has 3 unspecified atom stereocenters. The Hall–Kier alpha value is -0.610. The quantitative estimate of drug-likeness (QED) is 0.661. The lowest BCUT2D eigenvalue weighted by atomic mass is 10.0. The predicted molar refractivity (Wildman–Crippen MR) is 78.0 cm³/mol. The van der Waals surface area contributed by atoms with Crippen molar-refractivity contribution in [2.75, 3.05) is 19.7 Å². The molecule has 0 bridgehead atoms. The van der Waals surface area contributed by atoms with Crippen molar-refractivity contribution in [3.05, 3.63) is 0 Å². The third kappa shape index (κ3) is 5.49. The Balaban J connectivity index is 2.27. The molecule has 19 heavy (non-hydrogen) atoms. The van der Waals surface area contributed by atoms with E-state index in [0.29, 0.717) is 12.5 Å². The van der Waals surface area contributed by atoms with Crippen LogP contribution in [0.2, 0.25) is 0 Å². The number of nitrogens with one attached hydrogen (secondary N) is 1. The minimum absolute atomic E-state index is 0.0940. The number of aliphatic hydroxyl groups excluding tert-OH is 1. The molecule has 0 aromatic rings. The molecule has 1 saturated heterocycles. The van der Waals surface area contributed by atoms with E-state index in [2.05, 4.69) is 31.0 Å². The summed E-state index contributed by atoms with van der Waals surface area (Å²) in [5.74, 6) is 0.580. The monoisotopic (exact) mass is 270 g/mol. The number of hydrogen-bond donors (Lipinski definition) is 2. The minimum atomic E-state index is 0.0940. The fourth-order valence-electron chi connectivity index (χ4n) is 2.86. The smallest absolute Gasteiger partial charge is 0.234 e. The Bertz CT molecular complexity index is 271. The fourth-order valence-corrected chi connectivity index (χ4v) is 2.86. The van der Waals surface area contributed by atoms with Crippen molar-refractivity contribution >= 4 is 5.91 Å². The van der Waals surface area contributed by atoms with Gasteiger partial charge in [0.1, 0.15) is 0 Å². The number of carbonyl (C=O) groups is 1. The molecule has 1 heterocycles. The summed E-state index contributed by atoms with van der Waals surface area (Å²) >= 11 is 0. The molecular formula is C15H30N2O2. The summed E-state index contributed by atoms with van der Waals surface area (Å²) in [6, 6.07) is 0.410. The van der Waals surface area contributed by atoms with Crippen molar-refractivity contribution in [3.63, 3.8) is 0 Å². The standard InChI is InChI=1S/C15H30N2O2/c1-4-5-6-7-13(3)16-15(19)10-17-9-8-12(2)14(17)11-18/h12-14,18H,4-11H2,1-3H3,(H,16,19). The number of carbonyl (C=O) groups excluding carboxylic acids is 1. The van der Waals surface area contributed by atoms with Gasteiger partial charge in [-0.1, -0.05) is 33.1 Å². The summed E-state index contributed by atoms with van der Waals surface area (Å²) in [7, 11) is 0. The Morgan fingerprint density at radius 2 is 2.21 bits per heavy atom. The first-order chi connectivity index (χ1) is 9.08. The molecule has 3 atom stereocenters. The van der Waals surface area contributed by atoms with E-state index in [1.54, 1.807) is 0 Å². The van der Waals surface area contributed by atoms with Crippen LogP contribution in [-0.2, 0) is 4.79 Å². The maximum absolute atomic E-state index is 12.0. The Morgan fingerprint density at radius 3 is 2.84 bits per heavy atom. The lowest BCUT2D eigenvalue weighted by Crippen LogP contribution is -2.44. The molecule has 2 N–H and O–H groups in total. The normalized spacial score (nSPS) is 25.5. The summed E-state index contributed by atoms with van der Waals surface area (Å²) in [6.07, 6.45) is 5.75. The molecule has 1 aliphatic rings. The topological polar surface area (TPSA) is 52.6 Å². The van der Waals surface area contributed by atoms with Gasteiger partial charge in [-0.3, -0.25) is 9.69 Å². The predicted octanol–water partition coefficient (Wildman–Crippen LogP) is 1.77. The number of hydrogen-bond acceptors (Lipinski definition) is 3. The number of nitrogens with zero attached hydrogens (tertiary/aromatic N) is 1. The molecule has 4 nitrogen and oxygen atoms in total. The van der Waals surface area contributed by atoms with Crippen molar-refractivity contribution in [1.82, 2.24) is 10.2 Å². The van der Waals surface area contributed by atoms with Crippen LogP contribution >= 0.6 is 0 Å². The average molecular weight is 270 g/mol. The molecule has 1 rings (SSSR count). The van der Waals surface area contributed by atoms with Crippen molar-refractivity contribution in [3.8, 4) is 0 Å². The van der Waals surface area contributed by atoms with Crippen molar-refractivity contribution in [2.24, 2.45) is 5.92 Å². The highest BCUT2D eigenvalue weighted by atomic mass is 16.3. The summed E-state index contributed by atoms with van der Waals surface area (Å²) in [6.45, 7) is 7.90. The SMILES string of the molecule is CCCCCC(C)NC(=O)CN1CCC(C)C1CO. The van der Waals surface area contributed by atoms with Gasteiger partial charge < -0.3 is 10.4 Å². The zero-order valence-electron chi connectivity index (χ0n) is 12.7. The van der Waals surface area contributed by atoms with Crippen molar-refractivity contribution in [2.45, 2.75) is 65.0 Å². The summed E-state index contributed by atoms with van der Waals surface area (Å²) in [5.41, 5.74) is 0. The molecule has 0 saturated carbocycles. The van der Waals surface area contributed by atoms with E-state index in [9.17, 15) is 9.90 Å². The largest absolute Gasteiger partial charge is 0.395 e. The van der Waals surface area contributed by atoms with Crippen molar-refractivity contribution in [1.29, 1.82) is 0 Å². The zero-order chi connectivity index (χ0) is 14.3. The first-order valence-corrected chi connectivity index (χ1v) is 7.72. The van der Waals surface area contributed by atoms with E-state index in [0.717, 1.165) is 19.4 Å². The van der Waals surface area contributed by atoms with Gasteiger partial charge in [0.05, 0.1) is 13.2 Å². The first kappa shape index (κ1) is 16.4. The van der Waals surface area contributed by atoms with E-state index in [1.807, 2.05) is 0 Å². The number of aliphatic hydroxyl groups is 1. The van der Waals surface area contributed by atoms with Crippen LogP contribution in [0.5, 0.6) is 0 Å². The number of amides is 1. The second-order valence-electron chi connectivity index (χ2n) is 5.95. The second kappa shape index (κ2) is 8.54. The van der Waals surface area contributed by atoms with Crippen LogP contribution in [-0.4, -0.2) is 47.7 Å². The van der Waals surface area contributed by atoms with Gasteiger partial charge >= 0.3 is 0 Å². The Morgan fingerprint density at radius 1 is 1.47 bits per heavy atom. The van der Waals surface area contributed by atoms with Crippen LogP contribution in [0.1, 0.15) is 52.9 Å². The van der Waals surface area contributed by atoms with E-state index < -0.39 is 0 Å². The summed E-state index contributed by atoms with van der Waals surface area (Å²) < 4.78 is 0. The van der Waals surface area contributed by atoms with Crippen LogP contribution in [0.4, 0.5) is 0 Å². The van der Waals surface area contributed by atoms with E-state index >= 15 is 0 Å². The van der Waals surface area contributed by atoms with Crippen molar-refractivity contribution < 1.29 is 9.90 Å². The highest BCUT2D eigenvalue weighted by Crippen LogP contribution is 2.22. The number of rotatable bonds is 8. The molecule has 0 radical (unpaired) electrons.